The van der Waals surface area contributed by atoms with Gasteiger partial charge in [-0.2, -0.15) is 0 Å². The highest BCUT2D eigenvalue weighted by atomic mass is 79.9. The van der Waals surface area contributed by atoms with Crippen LogP contribution in [-0.2, 0) is 4.79 Å². The topological polar surface area (TPSA) is 54.9 Å². The van der Waals surface area contributed by atoms with Gasteiger partial charge in [-0.1, -0.05) is 41.6 Å². The van der Waals surface area contributed by atoms with Crippen molar-refractivity contribution in [2.75, 3.05) is 11.1 Å². The number of aromatic nitrogens is 2. The van der Waals surface area contributed by atoms with Crippen LogP contribution in [0.3, 0.4) is 0 Å². The summed E-state index contributed by atoms with van der Waals surface area (Å²) in [6, 6.07) is 11.9. The molecular formula is C17H14BrN3OS2. The molecule has 0 aliphatic rings. The van der Waals surface area contributed by atoms with Crippen LogP contribution >= 0.6 is 39.0 Å². The average Bonchev–Trinajstić information content (AvgIpc) is 3.05. The fourth-order valence-electron chi connectivity index (χ4n) is 1.94. The molecule has 0 bridgehead atoms. The first-order valence-electron chi connectivity index (χ1n) is 7.17. The average molecular weight is 420 g/mol. The molecule has 0 spiro atoms. The molecule has 3 rings (SSSR count). The fraction of sp³-hybridized carbons (Fsp3) is 0.118. The number of anilines is 1. The Balaban J connectivity index is 1.56. The SMILES string of the molecule is Cc1ccc(-c2csc(SCC(=O)Nc3ccc(Br)cn3)n2)cc1. The number of hydrogen-bond acceptors (Lipinski definition) is 5. The van der Waals surface area contributed by atoms with Gasteiger partial charge in [0.2, 0.25) is 5.91 Å². The van der Waals surface area contributed by atoms with Gasteiger partial charge in [-0.05, 0) is 35.0 Å². The number of halogens is 1. The molecule has 0 fully saturated rings. The third-order valence-corrected chi connectivity index (χ3v) is 5.64. The summed E-state index contributed by atoms with van der Waals surface area (Å²) in [6.07, 6.45) is 1.65. The zero-order valence-electron chi connectivity index (χ0n) is 12.8. The summed E-state index contributed by atoms with van der Waals surface area (Å²) in [7, 11) is 0. The summed E-state index contributed by atoms with van der Waals surface area (Å²) in [5.74, 6) is 0.753. The van der Waals surface area contributed by atoms with Crippen LogP contribution in [0.1, 0.15) is 5.56 Å². The molecule has 1 amide bonds. The predicted molar refractivity (Wildman–Crippen MR) is 104 cm³/mol. The Hall–Kier alpha value is -1.70. The standard InChI is InChI=1S/C17H14BrN3OS2/c1-11-2-4-12(5-3-11)14-9-23-17(20-14)24-10-16(22)21-15-7-6-13(18)8-19-15/h2-9H,10H2,1H3,(H,19,21,22). The molecule has 0 radical (unpaired) electrons. The zero-order valence-corrected chi connectivity index (χ0v) is 16.0. The molecule has 0 saturated heterocycles. The molecule has 4 nitrogen and oxygen atoms in total. The van der Waals surface area contributed by atoms with Gasteiger partial charge in [0.15, 0.2) is 4.34 Å². The number of carbonyl (C=O) groups excluding carboxylic acids is 1. The normalized spacial score (nSPS) is 10.6. The number of thiazole rings is 1. The van der Waals surface area contributed by atoms with Gasteiger partial charge < -0.3 is 5.32 Å². The van der Waals surface area contributed by atoms with Crippen molar-refractivity contribution in [3.8, 4) is 11.3 Å². The first kappa shape index (κ1) is 17.1. The smallest absolute Gasteiger partial charge is 0.235 e. The number of nitrogens with one attached hydrogen (secondary N) is 1. The quantitative estimate of drug-likeness (QED) is 0.590. The molecule has 0 aliphatic carbocycles. The van der Waals surface area contributed by atoms with Crippen molar-refractivity contribution in [2.45, 2.75) is 11.3 Å². The van der Waals surface area contributed by atoms with Gasteiger partial charge in [-0.25, -0.2) is 9.97 Å². The highest BCUT2D eigenvalue weighted by molar-refractivity contribution is 9.10. The minimum atomic E-state index is -0.0955. The summed E-state index contributed by atoms with van der Waals surface area (Å²) in [4.78, 5) is 20.7. The van der Waals surface area contributed by atoms with Crippen molar-refractivity contribution in [3.05, 3.63) is 58.0 Å². The van der Waals surface area contributed by atoms with Crippen LogP contribution in [0.15, 0.2) is 56.8 Å². The van der Waals surface area contributed by atoms with E-state index in [-0.39, 0.29) is 5.91 Å². The van der Waals surface area contributed by atoms with Gasteiger partial charge in [-0.3, -0.25) is 4.79 Å². The lowest BCUT2D eigenvalue weighted by atomic mass is 10.1. The number of pyridine rings is 1. The van der Waals surface area contributed by atoms with Gasteiger partial charge in [0.05, 0.1) is 11.4 Å². The number of aryl methyl sites for hydroxylation is 1. The van der Waals surface area contributed by atoms with Crippen molar-refractivity contribution in [1.29, 1.82) is 0 Å². The Morgan fingerprint density at radius 1 is 1.25 bits per heavy atom. The summed E-state index contributed by atoms with van der Waals surface area (Å²) in [6.45, 7) is 2.06. The van der Waals surface area contributed by atoms with E-state index in [4.69, 9.17) is 0 Å². The Bertz CT molecular complexity index is 832. The van der Waals surface area contributed by atoms with Gasteiger partial charge >= 0.3 is 0 Å². The molecule has 122 valence electrons. The van der Waals surface area contributed by atoms with Crippen molar-refractivity contribution in [3.63, 3.8) is 0 Å². The molecule has 2 heterocycles. The van der Waals surface area contributed by atoms with Gasteiger partial charge in [0, 0.05) is 21.6 Å². The Morgan fingerprint density at radius 3 is 2.75 bits per heavy atom. The van der Waals surface area contributed by atoms with E-state index in [2.05, 4.69) is 62.4 Å². The van der Waals surface area contributed by atoms with E-state index in [1.807, 2.05) is 11.4 Å². The highest BCUT2D eigenvalue weighted by Gasteiger charge is 2.09. The molecule has 0 unspecified atom stereocenters. The maximum Gasteiger partial charge on any atom is 0.235 e. The van der Waals surface area contributed by atoms with Crippen LogP contribution in [0.5, 0.6) is 0 Å². The van der Waals surface area contributed by atoms with E-state index in [9.17, 15) is 4.79 Å². The van der Waals surface area contributed by atoms with Crippen molar-refractivity contribution in [2.24, 2.45) is 0 Å². The Morgan fingerprint density at radius 2 is 2.04 bits per heavy atom. The molecule has 1 aromatic carbocycles. The molecule has 24 heavy (non-hydrogen) atoms. The van der Waals surface area contributed by atoms with E-state index in [0.29, 0.717) is 11.6 Å². The lowest BCUT2D eigenvalue weighted by Crippen LogP contribution is -2.14. The lowest BCUT2D eigenvalue weighted by molar-refractivity contribution is -0.113. The van der Waals surface area contributed by atoms with Crippen molar-refractivity contribution >= 4 is 50.8 Å². The molecule has 2 aromatic heterocycles. The van der Waals surface area contributed by atoms with Gasteiger partial charge in [-0.15, -0.1) is 11.3 Å². The molecular weight excluding hydrogens is 406 g/mol. The zero-order chi connectivity index (χ0) is 16.9. The minimum Gasteiger partial charge on any atom is -0.310 e. The maximum atomic E-state index is 12.0. The van der Waals surface area contributed by atoms with E-state index < -0.39 is 0 Å². The fourth-order valence-corrected chi connectivity index (χ4v) is 3.81. The monoisotopic (exact) mass is 419 g/mol. The second-order valence-electron chi connectivity index (χ2n) is 5.06. The number of rotatable bonds is 5. The molecule has 3 aromatic rings. The van der Waals surface area contributed by atoms with Gasteiger partial charge in [0.1, 0.15) is 5.82 Å². The molecule has 0 aliphatic heterocycles. The number of nitrogens with zero attached hydrogens (tertiary/aromatic N) is 2. The van der Waals surface area contributed by atoms with Crippen molar-refractivity contribution in [1.82, 2.24) is 9.97 Å². The van der Waals surface area contributed by atoms with E-state index in [0.717, 1.165) is 20.1 Å². The van der Waals surface area contributed by atoms with Gasteiger partial charge in [0.25, 0.3) is 0 Å². The predicted octanol–water partition coefficient (Wildman–Crippen LogP) is 5.01. The third kappa shape index (κ3) is 4.66. The second-order valence-corrected chi connectivity index (χ2v) is 8.06. The van der Waals surface area contributed by atoms with E-state index >= 15 is 0 Å². The highest BCUT2D eigenvalue weighted by Crippen LogP contribution is 2.28. The molecule has 1 N–H and O–H groups in total. The van der Waals surface area contributed by atoms with Crippen LogP contribution in [0.4, 0.5) is 5.82 Å². The molecule has 7 heteroatoms. The number of benzene rings is 1. The minimum absolute atomic E-state index is 0.0955. The summed E-state index contributed by atoms with van der Waals surface area (Å²) >= 11 is 6.29. The van der Waals surface area contributed by atoms with Crippen LogP contribution in [0, 0.1) is 6.92 Å². The van der Waals surface area contributed by atoms with Crippen molar-refractivity contribution < 1.29 is 4.79 Å². The lowest BCUT2D eigenvalue weighted by Gasteiger charge is -2.03. The van der Waals surface area contributed by atoms with E-state index in [1.165, 1.54) is 17.3 Å². The Labute approximate surface area is 156 Å². The number of hydrogen-bond donors (Lipinski definition) is 1. The first-order chi connectivity index (χ1) is 11.6. The number of carbonyl (C=O) groups is 1. The molecule has 0 saturated carbocycles. The first-order valence-corrected chi connectivity index (χ1v) is 9.83. The molecule has 0 atom stereocenters. The second kappa shape index (κ2) is 7.92. The van der Waals surface area contributed by atoms with Crippen LogP contribution in [0.25, 0.3) is 11.3 Å². The van der Waals surface area contributed by atoms with Crippen LogP contribution in [-0.4, -0.2) is 21.6 Å². The largest absolute Gasteiger partial charge is 0.310 e. The Kier molecular flexibility index (Phi) is 5.65. The summed E-state index contributed by atoms with van der Waals surface area (Å²) < 4.78 is 1.76. The maximum absolute atomic E-state index is 12.0. The number of amides is 1. The third-order valence-electron chi connectivity index (χ3n) is 3.15. The summed E-state index contributed by atoms with van der Waals surface area (Å²) in [5, 5.41) is 4.78. The van der Waals surface area contributed by atoms with Crippen LogP contribution < -0.4 is 5.32 Å². The summed E-state index contributed by atoms with van der Waals surface area (Å²) in [5.41, 5.74) is 3.26. The number of thioether (sulfide) groups is 1. The van der Waals surface area contributed by atoms with E-state index in [1.54, 1.807) is 23.6 Å². The van der Waals surface area contributed by atoms with Crippen LogP contribution in [0.2, 0.25) is 0 Å².